The average molecular weight is 241 g/mol. The van der Waals surface area contributed by atoms with Crippen LogP contribution in [0, 0.1) is 0 Å². The number of thiazole rings is 1. The highest BCUT2D eigenvalue weighted by Crippen LogP contribution is 2.25. The van der Waals surface area contributed by atoms with Crippen LogP contribution < -0.4 is 5.73 Å². The molecule has 0 spiro atoms. The molecule has 0 radical (unpaired) electrons. The molecular weight excluding hydrogens is 228 g/mol. The Hall–Kier alpha value is -0.640. The molecule has 1 atom stereocenters. The Labute approximate surface area is 98.1 Å². The van der Waals surface area contributed by atoms with Crippen LogP contribution >= 0.6 is 22.9 Å². The first-order valence-corrected chi connectivity index (χ1v) is 6.19. The van der Waals surface area contributed by atoms with E-state index in [-0.39, 0.29) is 6.04 Å². The lowest BCUT2D eigenvalue weighted by Gasteiger charge is -2.03. The monoisotopic (exact) mass is 240 g/mol. The second-order valence-electron chi connectivity index (χ2n) is 3.59. The molecule has 2 aromatic rings. The Bertz CT molecular complexity index is 467. The number of aromatic nitrogens is 1. The van der Waals surface area contributed by atoms with E-state index in [0.717, 1.165) is 33.1 Å². The molecule has 1 aromatic heterocycles. The first-order valence-electron chi connectivity index (χ1n) is 4.99. The minimum Gasteiger partial charge on any atom is -0.327 e. The number of nitrogens with zero attached hydrogens (tertiary/aromatic N) is 1. The third-order valence-corrected chi connectivity index (χ3v) is 3.63. The number of benzene rings is 1. The summed E-state index contributed by atoms with van der Waals surface area (Å²) in [4.78, 5) is 4.52. The summed E-state index contributed by atoms with van der Waals surface area (Å²) in [6.07, 6.45) is 1.84. The molecule has 80 valence electrons. The number of hydrogen-bond acceptors (Lipinski definition) is 3. The molecule has 0 aliphatic rings. The van der Waals surface area contributed by atoms with E-state index in [4.69, 9.17) is 17.3 Å². The summed E-state index contributed by atoms with van der Waals surface area (Å²) in [5.74, 6) is 0. The minimum atomic E-state index is 0.209. The fourth-order valence-corrected chi connectivity index (χ4v) is 2.74. The predicted molar refractivity (Wildman–Crippen MR) is 66.6 cm³/mol. The van der Waals surface area contributed by atoms with E-state index < -0.39 is 0 Å². The molecule has 15 heavy (non-hydrogen) atoms. The molecule has 0 bridgehead atoms. The number of hydrogen-bond donors (Lipinski definition) is 1. The van der Waals surface area contributed by atoms with Crippen molar-refractivity contribution in [2.24, 2.45) is 5.73 Å². The number of halogens is 1. The third-order valence-electron chi connectivity index (χ3n) is 2.36. The lowest BCUT2D eigenvalue weighted by molar-refractivity contribution is 0.645. The van der Waals surface area contributed by atoms with Gasteiger partial charge in [0.1, 0.15) is 0 Å². The molecule has 1 heterocycles. The van der Waals surface area contributed by atoms with Crippen molar-refractivity contribution in [3.05, 3.63) is 28.2 Å². The fraction of sp³-hybridized carbons (Fsp3) is 0.364. The van der Waals surface area contributed by atoms with Gasteiger partial charge in [0, 0.05) is 17.5 Å². The van der Waals surface area contributed by atoms with Crippen molar-refractivity contribution in [2.75, 3.05) is 0 Å². The number of fused-ring (bicyclic) bond motifs is 1. The largest absolute Gasteiger partial charge is 0.327 e. The molecule has 0 saturated heterocycles. The first kappa shape index (κ1) is 10.9. The van der Waals surface area contributed by atoms with E-state index in [1.54, 1.807) is 11.3 Å². The first-order chi connectivity index (χ1) is 7.19. The van der Waals surface area contributed by atoms with E-state index in [1.807, 2.05) is 18.2 Å². The molecule has 0 amide bonds. The summed E-state index contributed by atoms with van der Waals surface area (Å²) in [6.45, 7) is 2.09. The van der Waals surface area contributed by atoms with E-state index in [9.17, 15) is 0 Å². The van der Waals surface area contributed by atoms with Gasteiger partial charge in [0.2, 0.25) is 0 Å². The SMILES string of the molecule is CCC(N)Cc1nc2ccc(Cl)cc2s1. The topological polar surface area (TPSA) is 38.9 Å². The third kappa shape index (κ3) is 2.48. The second-order valence-corrected chi connectivity index (χ2v) is 5.14. The summed E-state index contributed by atoms with van der Waals surface area (Å²) < 4.78 is 1.14. The van der Waals surface area contributed by atoms with E-state index in [2.05, 4.69) is 11.9 Å². The van der Waals surface area contributed by atoms with Gasteiger partial charge in [0.15, 0.2) is 0 Å². The van der Waals surface area contributed by atoms with Gasteiger partial charge in [-0.25, -0.2) is 4.98 Å². The van der Waals surface area contributed by atoms with Gasteiger partial charge in [0.25, 0.3) is 0 Å². The standard InChI is InChI=1S/C11H13ClN2S/c1-2-8(13)6-11-14-9-4-3-7(12)5-10(9)15-11/h3-5,8H,2,6,13H2,1H3. The highest BCUT2D eigenvalue weighted by molar-refractivity contribution is 7.18. The van der Waals surface area contributed by atoms with Gasteiger partial charge in [-0.05, 0) is 24.6 Å². The van der Waals surface area contributed by atoms with Crippen LogP contribution in [0.1, 0.15) is 18.4 Å². The maximum Gasteiger partial charge on any atom is 0.0954 e. The quantitative estimate of drug-likeness (QED) is 0.895. The van der Waals surface area contributed by atoms with Gasteiger partial charge in [-0.15, -0.1) is 11.3 Å². The lowest BCUT2D eigenvalue weighted by atomic mass is 10.2. The summed E-state index contributed by atoms with van der Waals surface area (Å²) in [5.41, 5.74) is 6.91. The molecule has 0 aliphatic heterocycles. The summed E-state index contributed by atoms with van der Waals surface area (Å²) in [5, 5.41) is 1.86. The predicted octanol–water partition coefficient (Wildman–Crippen LogP) is 3.23. The zero-order valence-corrected chi connectivity index (χ0v) is 10.1. The van der Waals surface area contributed by atoms with Crippen LogP contribution in [0.4, 0.5) is 0 Å². The zero-order valence-electron chi connectivity index (χ0n) is 8.53. The smallest absolute Gasteiger partial charge is 0.0954 e. The molecule has 1 unspecified atom stereocenters. The van der Waals surface area contributed by atoms with Gasteiger partial charge in [-0.2, -0.15) is 0 Å². The Kier molecular flexibility index (Phi) is 3.24. The molecule has 2 nitrogen and oxygen atoms in total. The van der Waals surface area contributed by atoms with E-state index in [1.165, 1.54) is 0 Å². The second kappa shape index (κ2) is 4.47. The Balaban J connectivity index is 2.30. The maximum absolute atomic E-state index is 5.92. The highest BCUT2D eigenvalue weighted by atomic mass is 35.5. The molecule has 0 aliphatic carbocycles. The molecule has 4 heteroatoms. The normalized spacial score (nSPS) is 13.3. The van der Waals surface area contributed by atoms with Crippen LogP contribution in [0.5, 0.6) is 0 Å². The summed E-state index contributed by atoms with van der Waals surface area (Å²) in [7, 11) is 0. The van der Waals surface area contributed by atoms with Crippen LogP contribution in [0.3, 0.4) is 0 Å². The molecule has 0 saturated carbocycles. The Morgan fingerprint density at radius 3 is 3.07 bits per heavy atom. The van der Waals surface area contributed by atoms with E-state index >= 15 is 0 Å². The van der Waals surface area contributed by atoms with Crippen molar-refractivity contribution in [3.63, 3.8) is 0 Å². The van der Waals surface area contributed by atoms with Crippen molar-refractivity contribution in [1.29, 1.82) is 0 Å². The molecular formula is C11H13ClN2S. The summed E-state index contributed by atoms with van der Waals surface area (Å²) in [6, 6.07) is 5.98. The van der Waals surface area contributed by atoms with Crippen molar-refractivity contribution >= 4 is 33.2 Å². The zero-order chi connectivity index (χ0) is 10.8. The molecule has 0 fully saturated rings. The van der Waals surface area contributed by atoms with Gasteiger partial charge >= 0.3 is 0 Å². The fourth-order valence-electron chi connectivity index (χ4n) is 1.40. The van der Waals surface area contributed by atoms with Crippen LogP contribution in [0.15, 0.2) is 18.2 Å². The minimum absolute atomic E-state index is 0.209. The maximum atomic E-state index is 5.92. The van der Waals surface area contributed by atoms with Crippen molar-refractivity contribution in [3.8, 4) is 0 Å². The van der Waals surface area contributed by atoms with Gasteiger partial charge < -0.3 is 5.73 Å². The van der Waals surface area contributed by atoms with Gasteiger partial charge in [0.05, 0.1) is 15.2 Å². The van der Waals surface area contributed by atoms with Gasteiger partial charge in [-0.3, -0.25) is 0 Å². The number of nitrogens with two attached hydrogens (primary N) is 1. The molecule has 2 N–H and O–H groups in total. The summed E-state index contributed by atoms with van der Waals surface area (Å²) >= 11 is 7.59. The average Bonchev–Trinajstić information content (AvgIpc) is 2.59. The Morgan fingerprint density at radius 1 is 1.53 bits per heavy atom. The highest BCUT2D eigenvalue weighted by Gasteiger charge is 2.07. The Morgan fingerprint density at radius 2 is 2.33 bits per heavy atom. The van der Waals surface area contributed by atoms with Crippen LogP contribution in [-0.2, 0) is 6.42 Å². The lowest BCUT2D eigenvalue weighted by Crippen LogP contribution is -2.21. The van der Waals surface area contributed by atoms with Crippen molar-refractivity contribution < 1.29 is 0 Å². The molecule has 2 rings (SSSR count). The molecule has 1 aromatic carbocycles. The van der Waals surface area contributed by atoms with Gasteiger partial charge in [-0.1, -0.05) is 18.5 Å². The number of rotatable bonds is 3. The van der Waals surface area contributed by atoms with Crippen molar-refractivity contribution in [1.82, 2.24) is 4.98 Å². The van der Waals surface area contributed by atoms with Crippen LogP contribution in [0.25, 0.3) is 10.2 Å². The van der Waals surface area contributed by atoms with Crippen molar-refractivity contribution in [2.45, 2.75) is 25.8 Å². The van der Waals surface area contributed by atoms with E-state index in [0.29, 0.717) is 0 Å². The van der Waals surface area contributed by atoms with Crippen LogP contribution in [0.2, 0.25) is 5.02 Å². The van der Waals surface area contributed by atoms with Crippen LogP contribution in [-0.4, -0.2) is 11.0 Å².